The summed E-state index contributed by atoms with van der Waals surface area (Å²) in [5, 5.41) is 5.33. The van der Waals surface area contributed by atoms with E-state index in [0.717, 1.165) is 30.0 Å². The topological polar surface area (TPSA) is 38.3 Å². The van der Waals surface area contributed by atoms with Crippen molar-refractivity contribution < 1.29 is 9.53 Å². The van der Waals surface area contributed by atoms with E-state index < -0.39 is 0 Å². The molecular weight excluding hydrogens is 222 g/mol. The molecule has 0 spiro atoms. The van der Waals surface area contributed by atoms with Crippen molar-refractivity contribution in [1.82, 2.24) is 5.32 Å². The molecule has 1 aliphatic rings. The highest BCUT2D eigenvalue weighted by molar-refractivity contribution is 7.12. The zero-order valence-electron chi connectivity index (χ0n) is 9.49. The molecule has 0 aliphatic carbocycles. The van der Waals surface area contributed by atoms with Crippen LogP contribution >= 0.6 is 11.3 Å². The summed E-state index contributed by atoms with van der Waals surface area (Å²) < 4.78 is 4.78. The van der Waals surface area contributed by atoms with Crippen LogP contribution in [0.25, 0.3) is 0 Å². The van der Waals surface area contributed by atoms with Crippen LogP contribution in [0.4, 0.5) is 0 Å². The highest BCUT2D eigenvalue weighted by Crippen LogP contribution is 2.24. The zero-order chi connectivity index (χ0) is 11.4. The van der Waals surface area contributed by atoms with E-state index in [2.05, 4.69) is 11.4 Å². The van der Waals surface area contributed by atoms with Gasteiger partial charge < -0.3 is 10.1 Å². The van der Waals surface area contributed by atoms with Gasteiger partial charge in [0.1, 0.15) is 4.88 Å². The standard InChI is InChI=1S/C12H17NO2S/c1-15-12(14)11-10(4-7-16-11)8-9-2-5-13-6-3-9/h4,7,9,13H,2-3,5-6,8H2,1H3. The SMILES string of the molecule is COC(=O)c1sccc1CC1CCNCC1. The smallest absolute Gasteiger partial charge is 0.348 e. The van der Waals surface area contributed by atoms with E-state index in [1.54, 1.807) is 0 Å². The van der Waals surface area contributed by atoms with E-state index in [1.807, 2.05) is 5.38 Å². The van der Waals surface area contributed by atoms with Crippen molar-refractivity contribution >= 4 is 17.3 Å². The molecule has 0 unspecified atom stereocenters. The molecule has 4 heteroatoms. The van der Waals surface area contributed by atoms with Crippen molar-refractivity contribution in [3.63, 3.8) is 0 Å². The van der Waals surface area contributed by atoms with E-state index in [0.29, 0.717) is 5.92 Å². The van der Waals surface area contributed by atoms with Gasteiger partial charge in [-0.3, -0.25) is 0 Å². The molecule has 1 aromatic heterocycles. The molecule has 88 valence electrons. The predicted octanol–water partition coefficient (Wildman–Crippen LogP) is 2.08. The van der Waals surface area contributed by atoms with Gasteiger partial charge in [-0.15, -0.1) is 11.3 Å². The molecule has 0 bridgehead atoms. The largest absolute Gasteiger partial charge is 0.465 e. The van der Waals surface area contributed by atoms with Gasteiger partial charge in [0.15, 0.2) is 0 Å². The number of esters is 1. The Balaban J connectivity index is 2.03. The second kappa shape index (κ2) is 5.46. The Hall–Kier alpha value is -0.870. The molecule has 3 nitrogen and oxygen atoms in total. The van der Waals surface area contributed by atoms with Crippen molar-refractivity contribution in [2.75, 3.05) is 20.2 Å². The fraction of sp³-hybridized carbons (Fsp3) is 0.583. The number of carbonyl (C=O) groups is 1. The first-order chi connectivity index (χ1) is 7.81. The number of thiophene rings is 1. The first kappa shape index (κ1) is 11.6. The van der Waals surface area contributed by atoms with Crippen LogP contribution in [-0.4, -0.2) is 26.2 Å². The molecule has 0 radical (unpaired) electrons. The first-order valence-electron chi connectivity index (χ1n) is 5.66. The molecule has 1 aliphatic heterocycles. The minimum atomic E-state index is -0.195. The summed E-state index contributed by atoms with van der Waals surface area (Å²) in [4.78, 5) is 12.3. The second-order valence-corrected chi connectivity index (χ2v) is 5.08. The van der Waals surface area contributed by atoms with Gasteiger partial charge in [-0.2, -0.15) is 0 Å². The summed E-state index contributed by atoms with van der Waals surface area (Å²) in [5.74, 6) is 0.512. The number of ether oxygens (including phenoxy) is 1. The lowest BCUT2D eigenvalue weighted by Gasteiger charge is -2.22. The van der Waals surface area contributed by atoms with E-state index in [1.165, 1.54) is 31.3 Å². The first-order valence-corrected chi connectivity index (χ1v) is 6.54. The number of hydrogen-bond acceptors (Lipinski definition) is 4. The van der Waals surface area contributed by atoms with Crippen LogP contribution in [-0.2, 0) is 11.2 Å². The number of hydrogen-bond donors (Lipinski definition) is 1. The van der Waals surface area contributed by atoms with Gasteiger partial charge in [0.2, 0.25) is 0 Å². The summed E-state index contributed by atoms with van der Waals surface area (Å²) in [5.41, 5.74) is 1.16. The Morgan fingerprint density at radius 3 is 3.00 bits per heavy atom. The van der Waals surface area contributed by atoms with Crippen LogP contribution in [0, 0.1) is 5.92 Å². The molecule has 1 aromatic rings. The minimum Gasteiger partial charge on any atom is -0.465 e. The number of methoxy groups -OCH3 is 1. The third-order valence-electron chi connectivity index (χ3n) is 3.08. The number of piperidine rings is 1. The van der Waals surface area contributed by atoms with E-state index in [4.69, 9.17) is 4.74 Å². The van der Waals surface area contributed by atoms with Gasteiger partial charge in [0, 0.05) is 0 Å². The maximum Gasteiger partial charge on any atom is 0.348 e. The monoisotopic (exact) mass is 239 g/mol. The Morgan fingerprint density at radius 1 is 1.56 bits per heavy atom. The summed E-state index contributed by atoms with van der Waals surface area (Å²) in [7, 11) is 1.44. The number of carbonyl (C=O) groups excluding carboxylic acids is 1. The van der Waals surface area contributed by atoms with Crippen LogP contribution < -0.4 is 5.32 Å². The molecule has 1 N–H and O–H groups in total. The van der Waals surface area contributed by atoms with Crippen LogP contribution in [0.15, 0.2) is 11.4 Å². The lowest BCUT2D eigenvalue weighted by atomic mass is 9.91. The predicted molar refractivity (Wildman–Crippen MR) is 65.0 cm³/mol. The third kappa shape index (κ3) is 2.62. The van der Waals surface area contributed by atoms with E-state index >= 15 is 0 Å². The van der Waals surface area contributed by atoms with Gasteiger partial charge in [-0.05, 0) is 55.3 Å². The lowest BCUT2D eigenvalue weighted by Crippen LogP contribution is -2.28. The quantitative estimate of drug-likeness (QED) is 0.821. The fourth-order valence-electron chi connectivity index (χ4n) is 2.17. The van der Waals surface area contributed by atoms with Crippen LogP contribution in [0.2, 0.25) is 0 Å². The number of nitrogens with one attached hydrogen (secondary N) is 1. The van der Waals surface area contributed by atoms with Crippen molar-refractivity contribution in [2.45, 2.75) is 19.3 Å². The Bertz CT molecular complexity index is 356. The molecule has 2 heterocycles. The van der Waals surface area contributed by atoms with Gasteiger partial charge in [0.05, 0.1) is 7.11 Å². The molecule has 0 amide bonds. The normalized spacial score (nSPS) is 17.3. The average Bonchev–Trinajstić information content (AvgIpc) is 2.77. The van der Waals surface area contributed by atoms with Crippen LogP contribution in [0.5, 0.6) is 0 Å². The summed E-state index contributed by atoms with van der Waals surface area (Å²) in [6, 6.07) is 2.05. The van der Waals surface area contributed by atoms with Crippen molar-refractivity contribution in [3.05, 3.63) is 21.9 Å². The maximum absolute atomic E-state index is 11.5. The molecule has 0 aromatic carbocycles. The molecule has 16 heavy (non-hydrogen) atoms. The van der Waals surface area contributed by atoms with Gasteiger partial charge in [-0.25, -0.2) is 4.79 Å². The Kier molecular flexibility index (Phi) is 3.96. The van der Waals surface area contributed by atoms with Crippen molar-refractivity contribution in [3.8, 4) is 0 Å². The van der Waals surface area contributed by atoms with Crippen molar-refractivity contribution in [1.29, 1.82) is 0 Å². The summed E-state index contributed by atoms with van der Waals surface area (Å²) in [6.07, 6.45) is 3.42. The highest BCUT2D eigenvalue weighted by atomic mass is 32.1. The molecular formula is C12H17NO2S. The van der Waals surface area contributed by atoms with E-state index in [-0.39, 0.29) is 5.97 Å². The molecule has 1 saturated heterocycles. The molecule has 0 saturated carbocycles. The van der Waals surface area contributed by atoms with Gasteiger partial charge >= 0.3 is 5.97 Å². The van der Waals surface area contributed by atoms with Gasteiger partial charge in [0.25, 0.3) is 0 Å². The molecule has 1 fully saturated rings. The minimum absolute atomic E-state index is 0.195. The van der Waals surface area contributed by atoms with Crippen molar-refractivity contribution in [2.24, 2.45) is 5.92 Å². The Labute approximate surface area is 99.8 Å². The molecule has 2 rings (SSSR count). The van der Waals surface area contributed by atoms with Crippen LogP contribution in [0.3, 0.4) is 0 Å². The zero-order valence-corrected chi connectivity index (χ0v) is 10.3. The summed E-state index contributed by atoms with van der Waals surface area (Å²) in [6.45, 7) is 2.20. The van der Waals surface area contributed by atoms with E-state index in [9.17, 15) is 4.79 Å². The highest BCUT2D eigenvalue weighted by Gasteiger charge is 2.19. The fourth-order valence-corrected chi connectivity index (χ4v) is 3.02. The van der Waals surface area contributed by atoms with Crippen LogP contribution in [0.1, 0.15) is 28.1 Å². The maximum atomic E-state index is 11.5. The lowest BCUT2D eigenvalue weighted by molar-refractivity contribution is 0.0605. The van der Waals surface area contributed by atoms with Gasteiger partial charge in [-0.1, -0.05) is 0 Å². The summed E-state index contributed by atoms with van der Waals surface area (Å²) >= 11 is 1.48. The second-order valence-electron chi connectivity index (χ2n) is 4.16. The number of rotatable bonds is 3. The third-order valence-corrected chi connectivity index (χ3v) is 4.02. The average molecular weight is 239 g/mol. The molecule has 0 atom stereocenters. The Morgan fingerprint density at radius 2 is 2.31 bits per heavy atom.